The summed E-state index contributed by atoms with van der Waals surface area (Å²) in [4.78, 5) is 58.5. The van der Waals surface area contributed by atoms with Crippen molar-refractivity contribution in [1.29, 1.82) is 0 Å². The number of benzene rings is 3. The quantitative estimate of drug-likeness (QED) is 0.138. The van der Waals surface area contributed by atoms with E-state index in [9.17, 15) is 19.2 Å². The summed E-state index contributed by atoms with van der Waals surface area (Å²) < 4.78 is 16.4. The number of allylic oxidation sites excluding steroid dienone is 1. The van der Waals surface area contributed by atoms with Crippen molar-refractivity contribution in [2.75, 3.05) is 34.0 Å². The number of hydrogen-bond acceptors (Lipinski definition) is 10. The van der Waals surface area contributed by atoms with Gasteiger partial charge in [-0.3, -0.25) is 14.5 Å². The van der Waals surface area contributed by atoms with Crippen LogP contribution in [0.25, 0.3) is 21.8 Å². The van der Waals surface area contributed by atoms with Crippen molar-refractivity contribution in [2.45, 2.75) is 12.8 Å². The van der Waals surface area contributed by atoms with Gasteiger partial charge >= 0.3 is 11.9 Å². The summed E-state index contributed by atoms with van der Waals surface area (Å²) in [7, 11) is 2.56. The average Bonchev–Trinajstić information content (AvgIpc) is 3.69. The molecule has 3 heterocycles. The van der Waals surface area contributed by atoms with E-state index in [1.807, 2.05) is 60.0 Å². The molecule has 0 aliphatic carbocycles. The Morgan fingerprint density at radius 2 is 1.43 bits per heavy atom. The lowest BCUT2D eigenvalue weighted by molar-refractivity contribution is -0.137. The number of nitrogens with one attached hydrogen (secondary N) is 1. The van der Waals surface area contributed by atoms with Gasteiger partial charge in [0.25, 0.3) is 11.8 Å². The van der Waals surface area contributed by atoms with Gasteiger partial charge in [0, 0.05) is 22.2 Å². The Kier molecular flexibility index (Phi) is 9.10. The lowest BCUT2D eigenvalue weighted by atomic mass is 9.78. The molecular weight excluding hydrogens is 618 g/mol. The van der Waals surface area contributed by atoms with Gasteiger partial charge in [-0.25, -0.2) is 14.6 Å². The highest BCUT2D eigenvalue weighted by Crippen LogP contribution is 2.44. The molecule has 0 bridgehead atoms. The molecule has 0 fully saturated rings. The first-order valence-electron chi connectivity index (χ1n) is 14.8. The molecule has 0 spiro atoms. The van der Waals surface area contributed by atoms with Crippen LogP contribution in [0, 0.1) is 0 Å². The molecule has 3 aromatic carbocycles. The number of methoxy groups -OCH3 is 2. The molecule has 238 valence electrons. The zero-order valence-electron chi connectivity index (χ0n) is 25.9. The molecule has 2 aliphatic rings. The molecule has 47 heavy (non-hydrogen) atoms. The summed E-state index contributed by atoms with van der Waals surface area (Å²) in [5.74, 6) is -2.91. The molecule has 4 aromatic rings. The number of nitrogens with zero attached hydrogens (tertiary/aromatic N) is 2. The van der Waals surface area contributed by atoms with E-state index in [0.717, 1.165) is 21.7 Å². The van der Waals surface area contributed by atoms with Crippen molar-refractivity contribution < 1.29 is 33.4 Å². The number of imide groups is 1. The Hall–Kier alpha value is -5.39. The van der Waals surface area contributed by atoms with Crippen LogP contribution in [0.2, 0.25) is 0 Å². The number of rotatable bonds is 10. The van der Waals surface area contributed by atoms with Crippen LogP contribution in [0.1, 0.15) is 39.1 Å². The van der Waals surface area contributed by atoms with Crippen molar-refractivity contribution in [3.63, 3.8) is 0 Å². The molecule has 2 aliphatic heterocycles. The molecule has 11 heteroatoms. The highest BCUT2D eigenvalue weighted by molar-refractivity contribution is 7.13. The maximum atomic E-state index is 13.6. The van der Waals surface area contributed by atoms with Crippen molar-refractivity contribution in [3.8, 4) is 21.8 Å². The van der Waals surface area contributed by atoms with E-state index in [4.69, 9.17) is 19.2 Å². The minimum Gasteiger partial charge on any atom is -0.466 e. The first-order valence-corrected chi connectivity index (χ1v) is 15.7. The summed E-state index contributed by atoms with van der Waals surface area (Å²) in [6, 6.07) is 23.9. The van der Waals surface area contributed by atoms with E-state index in [0.29, 0.717) is 33.1 Å². The van der Waals surface area contributed by atoms with Crippen LogP contribution < -0.4 is 5.32 Å². The standard InChI is InChI=1S/C36H31N3O7S/c1-21-29(35(42)44-2)30(23-13-7-8-14-24(23)32-38-28(20-47-32)22-11-5-4-6-12-22)31(36(43)45-3)27(37-21)19-46-18-17-39-33(40)25-15-9-10-16-26(25)34(39)41/h4-16,20,30,37H,17-19H2,1-3H3. The Morgan fingerprint density at radius 1 is 0.830 bits per heavy atom. The third kappa shape index (κ3) is 5.98. The summed E-state index contributed by atoms with van der Waals surface area (Å²) in [6.45, 7) is 1.68. The maximum absolute atomic E-state index is 13.6. The first kappa shape index (κ1) is 31.6. The lowest BCUT2D eigenvalue weighted by Gasteiger charge is -2.32. The van der Waals surface area contributed by atoms with Crippen molar-refractivity contribution in [1.82, 2.24) is 15.2 Å². The van der Waals surface area contributed by atoms with Crippen LogP contribution in [0.15, 0.2) is 107 Å². The predicted octanol–water partition coefficient (Wildman–Crippen LogP) is 5.35. The van der Waals surface area contributed by atoms with Crippen LogP contribution in [0.3, 0.4) is 0 Å². The highest BCUT2D eigenvalue weighted by atomic mass is 32.1. The Labute approximate surface area is 275 Å². The van der Waals surface area contributed by atoms with Crippen LogP contribution >= 0.6 is 11.3 Å². The van der Waals surface area contributed by atoms with E-state index in [-0.39, 0.29) is 42.7 Å². The number of carbonyl (C=O) groups is 4. The van der Waals surface area contributed by atoms with Crippen molar-refractivity contribution in [3.05, 3.63) is 123 Å². The fourth-order valence-corrected chi connectivity index (χ4v) is 6.78. The first-order chi connectivity index (χ1) is 22.8. The molecule has 1 aromatic heterocycles. The molecule has 0 saturated carbocycles. The molecule has 1 N–H and O–H groups in total. The number of thiazole rings is 1. The van der Waals surface area contributed by atoms with Crippen LogP contribution in [-0.4, -0.2) is 67.6 Å². The van der Waals surface area contributed by atoms with E-state index in [1.54, 1.807) is 31.2 Å². The third-order valence-corrected chi connectivity index (χ3v) is 8.99. The number of dihydropyridines is 1. The zero-order chi connectivity index (χ0) is 33.1. The van der Waals surface area contributed by atoms with E-state index < -0.39 is 17.9 Å². The molecule has 10 nitrogen and oxygen atoms in total. The smallest absolute Gasteiger partial charge is 0.336 e. The summed E-state index contributed by atoms with van der Waals surface area (Å²) in [5, 5.41) is 5.84. The van der Waals surface area contributed by atoms with Gasteiger partial charge in [-0.1, -0.05) is 66.7 Å². The number of amides is 2. The zero-order valence-corrected chi connectivity index (χ0v) is 26.8. The third-order valence-electron chi connectivity index (χ3n) is 8.12. The van der Waals surface area contributed by atoms with Gasteiger partial charge in [-0.15, -0.1) is 11.3 Å². The maximum Gasteiger partial charge on any atom is 0.336 e. The number of carbonyl (C=O) groups excluding carboxylic acids is 4. The molecule has 0 radical (unpaired) electrons. The second-order valence-corrected chi connectivity index (χ2v) is 11.7. The molecule has 2 amide bonds. The van der Waals surface area contributed by atoms with Gasteiger partial charge in [-0.2, -0.15) is 0 Å². The molecular formula is C36H31N3O7S. The monoisotopic (exact) mass is 649 g/mol. The summed E-state index contributed by atoms with van der Waals surface area (Å²) in [6.07, 6.45) is 0. The van der Waals surface area contributed by atoms with Crippen LogP contribution in [0.4, 0.5) is 0 Å². The van der Waals surface area contributed by atoms with Crippen LogP contribution in [-0.2, 0) is 23.8 Å². The van der Waals surface area contributed by atoms with Gasteiger partial charge in [-0.05, 0) is 24.6 Å². The SMILES string of the molecule is COC(=O)C1=C(C)NC(COCCN2C(=O)c3ccccc3C2=O)=C(C(=O)OC)C1c1ccccc1-c1nc(-c2ccccc2)cs1. The second kappa shape index (κ2) is 13.5. The number of aromatic nitrogens is 1. The topological polar surface area (TPSA) is 124 Å². The largest absolute Gasteiger partial charge is 0.466 e. The van der Waals surface area contributed by atoms with Gasteiger partial charge in [0.05, 0.1) is 73.6 Å². The van der Waals surface area contributed by atoms with E-state index >= 15 is 0 Å². The van der Waals surface area contributed by atoms with Gasteiger partial charge < -0.3 is 19.5 Å². The normalized spacial score (nSPS) is 15.9. The van der Waals surface area contributed by atoms with Gasteiger partial charge in [0.15, 0.2) is 0 Å². The average molecular weight is 650 g/mol. The Balaban J connectivity index is 1.33. The Morgan fingerprint density at radius 3 is 2.09 bits per heavy atom. The van der Waals surface area contributed by atoms with E-state index in [1.165, 1.54) is 25.6 Å². The van der Waals surface area contributed by atoms with Crippen LogP contribution in [0.5, 0.6) is 0 Å². The number of hydrogen-bond donors (Lipinski definition) is 1. The molecule has 1 unspecified atom stereocenters. The molecule has 0 saturated heterocycles. The van der Waals surface area contributed by atoms with Crippen molar-refractivity contribution in [2.24, 2.45) is 0 Å². The Bertz CT molecular complexity index is 1910. The number of esters is 2. The minimum absolute atomic E-state index is 0.0142. The number of fused-ring (bicyclic) bond motifs is 1. The number of ether oxygens (including phenoxy) is 3. The second-order valence-electron chi connectivity index (χ2n) is 10.8. The summed E-state index contributed by atoms with van der Waals surface area (Å²) in [5.41, 5.74) is 5.17. The molecule has 1 atom stereocenters. The van der Waals surface area contributed by atoms with Gasteiger partial charge in [0.1, 0.15) is 5.01 Å². The fraction of sp³-hybridized carbons (Fsp3) is 0.194. The van der Waals surface area contributed by atoms with E-state index in [2.05, 4.69) is 5.32 Å². The molecule has 6 rings (SSSR count). The lowest BCUT2D eigenvalue weighted by Crippen LogP contribution is -2.36. The predicted molar refractivity (Wildman–Crippen MR) is 175 cm³/mol. The summed E-state index contributed by atoms with van der Waals surface area (Å²) >= 11 is 1.46. The highest BCUT2D eigenvalue weighted by Gasteiger charge is 2.40. The van der Waals surface area contributed by atoms with Gasteiger partial charge in [0.2, 0.25) is 0 Å². The minimum atomic E-state index is -0.883. The fourth-order valence-electron chi connectivity index (χ4n) is 5.91. The van der Waals surface area contributed by atoms with Crippen molar-refractivity contribution >= 4 is 35.1 Å².